The van der Waals surface area contributed by atoms with Crippen molar-refractivity contribution in [1.29, 1.82) is 0 Å². The largest absolute Gasteiger partial charge is 0.356 e. The number of rotatable bonds is 3. The van der Waals surface area contributed by atoms with E-state index in [2.05, 4.69) is 22.0 Å². The lowest BCUT2D eigenvalue weighted by Gasteiger charge is -2.46. The highest BCUT2D eigenvalue weighted by Gasteiger charge is 2.64. The fraction of sp³-hybridized carbons (Fsp3) is 0.900. The molecule has 2 saturated carbocycles. The van der Waals surface area contributed by atoms with Gasteiger partial charge in [0, 0.05) is 50.6 Å². The molecule has 3 saturated heterocycles. The Balaban J connectivity index is 1.33. The first-order valence-corrected chi connectivity index (χ1v) is 10.3. The molecule has 5 aliphatic rings. The lowest BCUT2D eigenvalue weighted by Crippen LogP contribution is -2.53. The number of fused-ring (bicyclic) bond motifs is 1. The van der Waals surface area contributed by atoms with Crippen LogP contribution in [0.25, 0.3) is 0 Å². The Bertz CT molecular complexity index is 594. The van der Waals surface area contributed by atoms with Gasteiger partial charge in [-0.05, 0) is 50.4 Å². The number of nitrogens with one attached hydrogen (secondary N) is 1. The van der Waals surface area contributed by atoms with E-state index in [0.717, 1.165) is 64.3 Å². The van der Waals surface area contributed by atoms with Crippen molar-refractivity contribution in [3.8, 4) is 0 Å². The zero-order chi connectivity index (χ0) is 17.2. The molecule has 0 aromatic heterocycles. The summed E-state index contributed by atoms with van der Waals surface area (Å²) in [6, 6.07) is 0. The van der Waals surface area contributed by atoms with Gasteiger partial charge in [0.05, 0.1) is 5.41 Å². The molecule has 2 spiro atoms. The molecule has 5 rings (SSSR count). The molecule has 2 aliphatic carbocycles. The summed E-state index contributed by atoms with van der Waals surface area (Å²) < 4.78 is 0. The third-order valence-corrected chi connectivity index (χ3v) is 7.98. The van der Waals surface area contributed by atoms with E-state index in [0.29, 0.717) is 17.7 Å². The van der Waals surface area contributed by atoms with Crippen molar-refractivity contribution in [3.63, 3.8) is 0 Å². The predicted molar refractivity (Wildman–Crippen MR) is 94.7 cm³/mol. The van der Waals surface area contributed by atoms with Gasteiger partial charge in [0.1, 0.15) is 0 Å². The smallest absolute Gasteiger partial charge is 0.228 e. The highest BCUT2D eigenvalue weighted by molar-refractivity contribution is 5.87. The maximum atomic E-state index is 12.9. The molecule has 25 heavy (non-hydrogen) atoms. The number of likely N-dealkylation sites (tertiary alicyclic amines) is 2. The highest BCUT2D eigenvalue weighted by atomic mass is 16.2. The quantitative estimate of drug-likeness (QED) is 0.843. The molecule has 3 heterocycles. The first kappa shape index (κ1) is 16.1. The van der Waals surface area contributed by atoms with Crippen molar-refractivity contribution in [2.24, 2.45) is 28.6 Å². The van der Waals surface area contributed by atoms with E-state index in [1.807, 2.05) is 0 Å². The van der Waals surface area contributed by atoms with Gasteiger partial charge in [-0.25, -0.2) is 0 Å². The van der Waals surface area contributed by atoms with Gasteiger partial charge >= 0.3 is 0 Å². The Labute approximate surface area is 150 Å². The van der Waals surface area contributed by atoms with Crippen LogP contribution in [0.15, 0.2) is 0 Å². The molecule has 0 aromatic carbocycles. The first-order chi connectivity index (χ1) is 12.0. The zero-order valence-corrected chi connectivity index (χ0v) is 15.4. The van der Waals surface area contributed by atoms with Gasteiger partial charge in [0.2, 0.25) is 11.8 Å². The van der Waals surface area contributed by atoms with Crippen LogP contribution in [0.2, 0.25) is 0 Å². The van der Waals surface area contributed by atoms with Crippen LogP contribution in [0.5, 0.6) is 0 Å². The summed E-state index contributed by atoms with van der Waals surface area (Å²) in [5, 5.41) is 3.14. The molecule has 0 bridgehead atoms. The molecule has 1 N–H and O–H groups in total. The Morgan fingerprint density at radius 3 is 2.48 bits per heavy atom. The number of hydrogen-bond donors (Lipinski definition) is 1. The lowest BCUT2D eigenvalue weighted by atomic mass is 9.60. The number of carbonyl (C=O) groups is 2. The summed E-state index contributed by atoms with van der Waals surface area (Å²) in [6.07, 6.45) is 6.81. The Kier molecular flexibility index (Phi) is 3.51. The Morgan fingerprint density at radius 1 is 1.20 bits per heavy atom. The molecular weight excluding hydrogens is 314 g/mol. The van der Waals surface area contributed by atoms with Crippen molar-refractivity contribution in [1.82, 2.24) is 15.1 Å². The summed E-state index contributed by atoms with van der Waals surface area (Å²) >= 11 is 0. The minimum absolute atomic E-state index is 0.0917. The molecule has 2 amide bonds. The van der Waals surface area contributed by atoms with E-state index in [4.69, 9.17) is 0 Å². The second-order valence-corrected chi connectivity index (χ2v) is 9.63. The van der Waals surface area contributed by atoms with Gasteiger partial charge in [-0.3, -0.25) is 9.59 Å². The summed E-state index contributed by atoms with van der Waals surface area (Å²) in [5.74, 6) is 2.40. The van der Waals surface area contributed by atoms with Crippen LogP contribution in [0, 0.1) is 28.6 Å². The van der Waals surface area contributed by atoms with Gasteiger partial charge in [0.25, 0.3) is 0 Å². The monoisotopic (exact) mass is 345 g/mol. The molecule has 138 valence electrons. The molecule has 3 atom stereocenters. The molecule has 3 aliphatic heterocycles. The minimum atomic E-state index is -0.191. The van der Waals surface area contributed by atoms with Crippen molar-refractivity contribution >= 4 is 11.8 Å². The highest BCUT2D eigenvalue weighted by Crippen LogP contribution is 2.57. The van der Waals surface area contributed by atoms with E-state index in [-0.39, 0.29) is 16.7 Å². The maximum absolute atomic E-state index is 12.9. The van der Waals surface area contributed by atoms with Crippen LogP contribution >= 0.6 is 0 Å². The zero-order valence-electron chi connectivity index (χ0n) is 15.4. The third-order valence-electron chi connectivity index (χ3n) is 7.98. The van der Waals surface area contributed by atoms with E-state index in [1.165, 1.54) is 19.4 Å². The number of nitrogens with zero attached hydrogens (tertiary/aromatic N) is 2. The summed E-state index contributed by atoms with van der Waals surface area (Å²) in [6.45, 7) is 7.92. The fourth-order valence-corrected chi connectivity index (χ4v) is 6.00. The molecule has 5 nitrogen and oxygen atoms in total. The van der Waals surface area contributed by atoms with E-state index >= 15 is 0 Å². The Morgan fingerprint density at radius 2 is 1.92 bits per heavy atom. The van der Waals surface area contributed by atoms with Crippen LogP contribution < -0.4 is 5.32 Å². The number of carbonyl (C=O) groups excluding carboxylic acids is 2. The van der Waals surface area contributed by atoms with E-state index < -0.39 is 0 Å². The standard InChI is InChI=1S/C20H31N3O2/c1-14-10-16(14)17(24)23-8-5-19(6-9-23)12-22(11-15-2-3-15)13-20(19)4-7-21-18(20)25/h14-16H,2-13H2,1H3,(H,21,25)/t14-,16+,20+/m1/s1. The van der Waals surface area contributed by atoms with E-state index in [1.54, 1.807) is 0 Å². The van der Waals surface area contributed by atoms with Crippen LogP contribution in [-0.2, 0) is 9.59 Å². The van der Waals surface area contributed by atoms with Crippen LogP contribution in [0.3, 0.4) is 0 Å². The maximum Gasteiger partial charge on any atom is 0.228 e. The second kappa shape index (κ2) is 5.45. The van der Waals surface area contributed by atoms with Crippen molar-refractivity contribution in [3.05, 3.63) is 0 Å². The third kappa shape index (κ3) is 2.45. The minimum Gasteiger partial charge on any atom is -0.356 e. The van der Waals surface area contributed by atoms with Crippen molar-refractivity contribution < 1.29 is 9.59 Å². The van der Waals surface area contributed by atoms with E-state index in [9.17, 15) is 9.59 Å². The van der Waals surface area contributed by atoms with Crippen LogP contribution in [0.1, 0.15) is 45.4 Å². The fourth-order valence-electron chi connectivity index (χ4n) is 6.00. The topological polar surface area (TPSA) is 52.7 Å². The Hall–Kier alpha value is -1.10. The molecule has 5 heteroatoms. The summed E-state index contributed by atoms with van der Waals surface area (Å²) in [4.78, 5) is 30.2. The van der Waals surface area contributed by atoms with Crippen molar-refractivity contribution in [2.45, 2.75) is 45.4 Å². The lowest BCUT2D eigenvalue weighted by molar-refractivity contribution is -0.139. The number of piperidine rings is 1. The van der Waals surface area contributed by atoms with Gasteiger partial charge in [0.15, 0.2) is 0 Å². The first-order valence-electron chi connectivity index (χ1n) is 10.3. The molecule has 5 fully saturated rings. The number of amides is 2. The predicted octanol–water partition coefficient (Wildman–Crippen LogP) is 1.48. The van der Waals surface area contributed by atoms with Crippen LogP contribution in [0.4, 0.5) is 0 Å². The molecular formula is C20H31N3O2. The normalized spacial score (nSPS) is 40.0. The van der Waals surface area contributed by atoms with Crippen LogP contribution in [-0.4, -0.2) is 60.9 Å². The SMILES string of the molecule is C[C@@H]1C[C@@H]1C(=O)N1CCC2(CC1)CN(CC1CC1)C[C@]21CCNC1=O. The average Bonchev–Trinajstić information content (AvgIpc) is 3.49. The van der Waals surface area contributed by atoms with Gasteiger partial charge in [-0.1, -0.05) is 6.92 Å². The second-order valence-electron chi connectivity index (χ2n) is 9.63. The molecule has 0 aromatic rings. The summed E-state index contributed by atoms with van der Waals surface area (Å²) in [5.41, 5.74) is -0.0989. The molecule has 0 unspecified atom stereocenters. The van der Waals surface area contributed by atoms with Gasteiger partial charge in [-0.2, -0.15) is 0 Å². The number of hydrogen-bond acceptors (Lipinski definition) is 3. The molecule has 0 radical (unpaired) electrons. The van der Waals surface area contributed by atoms with Gasteiger partial charge in [-0.15, -0.1) is 0 Å². The summed E-state index contributed by atoms with van der Waals surface area (Å²) in [7, 11) is 0. The average molecular weight is 345 g/mol. The van der Waals surface area contributed by atoms with Gasteiger partial charge < -0.3 is 15.1 Å². The van der Waals surface area contributed by atoms with Crippen molar-refractivity contribution in [2.75, 3.05) is 39.3 Å².